The maximum Gasteiger partial charge on any atom is 0.272 e. The number of nitrogens with one attached hydrogen (secondary N) is 1. The highest BCUT2D eigenvalue weighted by Gasteiger charge is 2.18. The molecule has 2 rings (SSSR count). The standard InChI is InChI=1S/C12H10Cl2N4O3/c1-6-11(15-2)16-5-17-12(6)21-10-8(13)3-7(18(19)20)4-9(10)14/h3-5H,1-2H3,(H,15,16,17). The Kier molecular flexibility index (Phi) is 4.44. The molecule has 0 fully saturated rings. The van der Waals surface area contributed by atoms with Crippen LogP contribution in [0.2, 0.25) is 10.0 Å². The molecule has 0 saturated carbocycles. The summed E-state index contributed by atoms with van der Waals surface area (Å²) in [7, 11) is 1.71. The van der Waals surface area contributed by atoms with Crippen LogP contribution < -0.4 is 10.1 Å². The Morgan fingerprint density at radius 3 is 2.43 bits per heavy atom. The molecule has 0 unspecified atom stereocenters. The molecule has 0 aliphatic heterocycles. The molecule has 21 heavy (non-hydrogen) atoms. The Labute approximate surface area is 130 Å². The Balaban J connectivity index is 2.43. The van der Waals surface area contributed by atoms with E-state index >= 15 is 0 Å². The number of anilines is 1. The zero-order chi connectivity index (χ0) is 15.6. The zero-order valence-electron chi connectivity index (χ0n) is 11.1. The van der Waals surface area contributed by atoms with E-state index in [-0.39, 0.29) is 27.4 Å². The Bertz CT molecular complexity index is 686. The van der Waals surface area contributed by atoms with Gasteiger partial charge in [0, 0.05) is 19.2 Å². The lowest BCUT2D eigenvalue weighted by Crippen LogP contribution is -2.00. The van der Waals surface area contributed by atoms with E-state index in [1.807, 2.05) is 0 Å². The number of non-ortho nitro benzene ring substituents is 1. The van der Waals surface area contributed by atoms with Gasteiger partial charge in [0.15, 0.2) is 5.75 Å². The van der Waals surface area contributed by atoms with Gasteiger partial charge in [0.2, 0.25) is 5.88 Å². The molecule has 0 aliphatic carbocycles. The number of ether oxygens (including phenoxy) is 1. The van der Waals surface area contributed by atoms with E-state index in [4.69, 9.17) is 27.9 Å². The van der Waals surface area contributed by atoms with E-state index < -0.39 is 4.92 Å². The highest BCUT2D eigenvalue weighted by molar-refractivity contribution is 6.37. The second-order valence-corrected chi connectivity index (χ2v) is 4.81. The number of nitrogens with zero attached hydrogens (tertiary/aromatic N) is 3. The minimum Gasteiger partial charge on any atom is -0.435 e. The molecular weight excluding hydrogens is 319 g/mol. The minimum atomic E-state index is -0.587. The summed E-state index contributed by atoms with van der Waals surface area (Å²) in [6.45, 7) is 1.76. The summed E-state index contributed by atoms with van der Waals surface area (Å²) in [5.74, 6) is 0.953. The van der Waals surface area contributed by atoms with Crippen molar-refractivity contribution in [2.24, 2.45) is 0 Å². The molecule has 0 amide bonds. The van der Waals surface area contributed by atoms with Gasteiger partial charge in [-0.15, -0.1) is 0 Å². The third-order valence-corrected chi connectivity index (χ3v) is 3.23. The maximum atomic E-state index is 10.7. The van der Waals surface area contributed by atoms with E-state index in [1.165, 1.54) is 6.33 Å². The van der Waals surface area contributed by atoms with Crippen LogP contribution >= 0.6 is 23.2 Å². The van der Waals surface area contributed by atoms with Crippen molar-refractivity contribution in [3.05, 3.63) is 44.2 Å². The first-order valence-electron chi connectivity index (χ1n) is 5.74. The summed E-state index contributed by atoms with van der Waals surface area (Å²) >= 11 is 12.0. The zero-order valence-corrected chi connectivity index (χ0v) is 12.6. The number of aromatic nitrogens is 2. The molecule has 0 aliphatic rings. The van der Waals surface area contributed by atoms with Gasteiger partial charge in [-0.05, 0) is 6.92 Å². The van der Waals surface area contributed by atoms with Gasteiger partial charge in [0.25, 0.3) is 5.69 Å². The van der Waals surface area contributed by atoms with Gasteiger partial charge in [-0.25, -0.2) is 9.97 Å². The average Bonchev–Trinajstić information content (AvgIpc) is 2.44. The van der Waals surface area contributed by atoms with Crippen molar-refractivity contribution in [1.29, 1.82) is 0 Å². The van der Waals surface area contributed by atoms with Crippen LogP contribution in [0, 0.1) is 17.0 Å². The number of nitro groups is 1. The Hall–Kier alpha value is -2.12. The molecule has 1 heterocycles. The summed E-state index contributed by atoms with van der Waals surface area (Å²) in [6.07, 6.45) is 1.32. The van der Waals surface area contributed by atoms with Gasteiger partial charge in [0.1, 0.15) is 12.1 Å². The predicted molar refractivity (Wildman–Crippen MR) is 79.5 cm³/mol. The number of halogens is 2. The third kappa shape index (κ3) is 3.14. The summed E-state index contributed by atoms with van der Waals surface area (Å²) < 4.78 is 5.57. The largest absolute Gasteiger partial charge is 0.435 e. The molecule has 0 atom stereocenters. The number of benzene rings is 1. The number of rotatable bonds is 4. The van der Waals surface area contributed by atoms with E-state index in [0.29, 0.717) is 11.4 Å². The van der Waals surface area contributed by atoms with E-state index in [9.17, 15) is 10.1 Å². The normalized spacial score (nSPS) is 10.3. The molecular formula is C12H10Cl2N4O3. The van der Waals surface area contributed by atoms with Gasteiger partial charge < -0.3 is 10.1 Å². The van der Waals surface area contributed by atoms with Crippen LogP contribution in [0.15, 0.2) is 18.5 Å². The van der Waals surface area contributed by atoms with E-state index in [1.54, 1.807) is 14.0 Å². The lowest BCUT2D eigenvalue weighted by molar-refractivity contribution is -0.384. The van der Waals surface area contributed by atoms with E-state index in [2.05, 4.69) is 15.3 Å². The van der Waals surface area contributed by atoms with Gasteiger partial charge in [-0.3, -0.25) is 10.1 Å². The summed E-state index contributed by atoms with van der Waals surface area (Å²) in [6, 6.07) is 2.33. The van der Waals surface area contributed by atoms with Crippen molar-refractivity contribution in [3.63, 3.8) is 0 Å². The molecule has 0 radical (unpaired) electrons. The lowest BCUT2D eigenvalue weighted by Gasteiger charge is -2.12. The van der Waals surface area contributed by atoms with Crippen molar-refractivity contribution in [2.75, 3.05) is 12.4 Å². The fraction of sp³-hybridized carbons (Fsp3) is 0.167. The summed E-state index contributed by atoms with van der Waals surface area (Å²) in [4.78, 5) is 18.2. The predicted octanol–water partition coefficient (Wildman–Crippen LogP) is 3.83. The fourth-order valence-electron chi connectivity index (χ4n) is 1.64. The molecule has 1 aromatic heterocycles. The van der Waals surface area contributed by atoms with Crippen LogP contribution in [0.5, 0.6) is 11.6 Å². The summed E-state index contributed by atoms with van der Waals surface area (Å²) in [5, 5.41) is 13.7. The van der Waals surface area contributed by atoms with Crippen LogP contribution in [0.1, 0.15) is 5.56 Å². The molecule has 0 saturated heterocycles. The first-order chi connectivity index (χ1) is 9.93. The molecule has 0 spiro atoms. The number of hydrogen-bond acceptors (Lipinski definition) is 6. The average molecular weight is 329 g/mol. The smallest absolute Gasteiger partial charge is 0.272 e. The molecule has 0 bridgehead atoms. The second kappa shape index (κ2) is 6.11. The number of nitro benzene ring substituents is 1. The fourth-order valence-corrected chi connectivity index (χ4v) is 2.19. The molecule has 2 aromatic rings. The van der Waals surface area contributed by atoms with Crippen LogP contribution in [-0.4, -0.2) is 21.9 Å². The van der Waals surface area contributed by atoms with Crippen LogP contribution in [-0.2, 0) is 0 Å². The highest BCUT2D eigenvalue weighted by atomic mass is 35.5. The monoisotopic (exact) mass is 328 g/mol. The molecule has 1 N–H and O–H groups in total. The quantitative estimate of drug-likeness (QED) is 0.677. The first-order valence-corrected chi connectivity index (χ1v) is 6.50. The van der Waals surface area contributed by atoms with Crippen molar-refractivity contribution < 1.29 is 9.66 Å². The van der Waals surface area contributed by atoms with Gasteiger partial charge in [-0.2, -0.15) is 0 Å². The van der Waals surface area contributed by atoms with Gasteiger partial charge >= 0.3 is 0 Å². The topological polar surface area (TPSA) is 90.2 Å². The van der Waals surface area contributed by atoms with Gasteiger partial charge in [0.05, 0.1) is 20.5 Å². The van der Waals surface area contributed by atoms with Crippen molar-refractivity contribution >= 4 is 34.7 Å². The summed E-state index contributed by atoms with van der Waals surface area (Å²) in [5.41, 5.74) is 0.443. The maximum absolute atomic E-state index is 10.7. The van der Waals surface area contributed by atoms with Crippen molar-refractivity contribution in [1.82, 2.24) is 9.97 Å². The van der Waals surface area contributed by atoms with Crippen molar-refractivity contribution in [2.45, 2.75) is 6.92 Å². The van der Waals surface area contributed by atoms with Crippen LogP contribution in [0.4, 0.5) is 11.5 Å². The third-order valence-electron chi connectivity index (χ3n) is 2.67. The SMILES string of the molecule is CNc1ncnc(Oc2c(Cl)cc([N+](=O)[O-])cc2Cl)c1C. The second-order valence-electron chi connectivity index (χ2n) is 4.00. The number of hydrogen-bond donors (Lipinski definition) is 1. The highest BCUT2D eigenvalue weighted by Crippen LogP contribution is 2.39. The minimum absolute atomic E-state index is 0.0261. The Morgan fingerprint density at radius 2 is 1.90 bits per heavy atom. The molecule has 1 aromatic carbocycles. The lowest BCUT2D eigenvalue weighted by atomic mass is 10.3. The van der Waals surface area contributed by atoms with Crippen LogP contribution in [0.25, 0.3) is 0 Å². The molecule has 7 nitrogen and oxygen atoms in total. The molecule has 110 valence electrons. The van der Waals surface area contributed by atoms with Crippen LogP contribution in [0.3, 0.4) is 0 Å². The Morgan fingerprint density at radius 1 is 1.29 bits per heavy atom. The van der Waals surface area contributed by atoms with Gasteiger partial charge in [-0.1, -0.05) is 23.2 Å². The van der Waals surface area contributed by atoms with E-state index in [0.717, 1.165) is 12.1 Å². The van der Waals surface area contributed by atoms with Crippen molar-refractivity contribution in [3.8, 4) is 11.6 Å². The molecule has 9 heteroatoms. The first kappa shape index (κ1) is 15.3.